The van der Waals surface area contributed by atoms with E-state index in [1.54, 1.807) is 0 Å². The van der Waals surface area contributed by atoms with Crippen molar-refractivity contribution in [1.29, 1.82) is 0 Å². The summed E-state index contributed by atoms with van der Waals surface area (Å²) >= 11 is 1.51. The van der Waals surface area contributed by atoms with E-state index >= 15 is 0 Å². The molecule has 0 aromatic carbocycles. The third kappa shape index (κ3) is 3.26. The summed E-state index contributed by atoms with van der Waals surface area (Å²) < 4.78 is 0. The van der Waals surface area contributed by atoms with Crippen LogP contribution in [0.4, 0.5) is 0 Å². The van der Waals surface area contributed by atoms with E-state index in [0.29, 0.717) is 5.69 Å². The zero-order valence-corrected chi connectivity index (χ0v) is 11.2. The quantitative estimate of drug-likeness (QED) is 0.860. The van der Waals surface area contributed by atoms with E-state index in [1.165, 1.54) is 11.3 Å². The summed E-state index contributed by atoms with van der Waals surface area (Å²) in [5, 5.41) is 9.09. The first-order valence-corrected chi connectivity index (χ1v) is 6.88. The zero-order chi connectivity index (χ0) is 12.3. The fraction of sp³-hybridized carbons (Fsp3) is 0.667. The maximum absolute atomic E-state index is 11.9. The molecule has 94 valence electrons. The van der Waals surface area contributed by atoms with Crippen LogP contribution in [0.25, 0.3) is 0 Å². The maximum atomic E-state index is 11.9. The lowest BCUT2D eigenvalue weighted by atomic mass is 9.81. The molecule has 0 radical (unpaired) electrons. The third-order valence-electron chi connectivity index (χ3n) is 3.34. The molecule has 1 aliphatic heterocycles. The first-order chi connectivity index (χ1) is 8.09. The van der Waals surface area contributed by atoms with Crippen molar-refractivity contribution < 1.29 is 4.79 Å². The number of hydrogen-bond donors (Lipinski definition) is 2. The maximum Gasteiger partial charge on any atom is 0.270 e. The van der Waals surface area contributed by atoms with Crippen LogP contribution in [0.5, 0.6) is 0 Å². The van der Waals surface area contributed by atoms with Gasteiger partial charge in [-0.15, -0.1) is 11.3 Å². The molecule has 0 atom stereocenters. The number of carbonyl (C=O) groups excluding carboxylic acids is 1. The van der Waals surface area contributed by atoms with Crippen LogP contribution in [0.1, 0.15) is 35.3 Å². The Bertz CT molecular complexity index is 396. The SMILES string of the molecule is Cc1nc(C(=O)NCC2(C)CCNCC2)cs1. The molecule has 0 saturated carbocycles. The Morgan fingerprint density at radius 1 is 1.59 bits per heavy atom. The van der Waals surface area contributed by atoms with Crippen LogP contribution in [-0.4, -0.2) is 30.5 Å². The van der Waals surface area contributed by atoms with Gasteiger partial charge in [0.15, 0.2) is 0 Å². The van der Waals surface area contributed by atoms with E-state index in [0.717, 1.165) is 37.5 Å². The average Bonchev–Trinajstić information content (AvgIpc) is 2.74. The number of amides is 1. The topological polar surface area (TPSA) is 54.0 Å². The lowest BCUT2D eigenvalue weighted by Crippen LogP contribution is -2.42. The summed E-state index contributed by atoms with van der Waals surface area (Å²) in [4.78, 5) is 16.1. The van der Waals surface area contributed by atoms with Gasteiger partial charge in [0.2, 0.25) is 0 Å². The number of hydrogen-bond acceptors (Lipinski definition) is 4. The van der Waals surface area contributed by atoms with Gasteiger partial charge in [-0.05, 0) is 38.3 Å². The zero-order valence-electron chi connectivity index (χ0n) is 10.4. The van der Waals surface area contributed by atoms with Crippen molar-refractivity contribution in [3.63, 3.8) is 0 Å². The van der Waals surface area contributed by atoms with Crippen molar-refractivity contribution in [3.8, 4) is 0 Å². The summed E-state index contributed by atoms with van der Waals surface area (Å²) in [5.41, 5.74) is 0.774. The second kappa shape index (κ2) is 5.14. The fourth-order valence-corrected chi connectivity index (χ4v) is 2.65. The van der Waals surface area contributed by atoms with E-state index in [-0.39, 0.29) is 11.3 Å². The first-order valence-electron chi connectivity index (χ1n) is 6.00. The van der Waals surface area contributed by atoms with Gasteiger partial charge < -0.3 is 10.6 Å². The van der Waals surface area contributed by atoms with Crippen molar-refractivity contribution >= 4 is 17.2 Å². The van der Waals surface area contributed by atoms with Gasteiger partial charge in [0, 0.05) is 11.9 Å². The summed E-state index contributed by atoms with van der Waals surface area (Å²) in [6.07, 6.45) is 2.23. The Labute approximate surface area is 106 Å². The molecular formula is C12H19N3OS. The van der Waals surface area contributed by atoms with Gasteiger partial charge in [0.05, 0.1) is 5.01 Å². The van der Waals surface area contributed by atoms with Gasteiger partial charge >= 0.3 is 0 Å². The molecule has 1 aliphatic rings. The molecular weight excluding hydrogens is 234 g/mol. The van der Waals surface area contributed by atoms with E-state index in [9.17, 15) is 4.79 Å². The van der Waals surface area contributed by atoms with Crippen LogP contribution in [0.15, 0.2) is 5.38 Å². The highest BCUT2D eigenvalue weighted by molar-refractivity contribution is 7.09. The van der Waals surface area contributed by atoms with Gasteiger partial charge in [0.25, 0.3) is 5.91 Å². The number of piperidine rings is 1. The van der Waals surface area contributed by atoms with Crippen LogP contribution in [0, 0.1) is 12.3 Å². The molecule has 0 bridgehead atoms. The molecule has 17 heavy (non-hydrogen) atoms. The largest absolute Gasteiger partial charge is 0.350 e. The van der Waals surface area contributed by atoms with Crippen molar-refractivity contribution in [1.82, 2.24) is 15.6 Å². The molecule has 1 aromatic rings. The number of nitrogens with zero attached hydrogens (tertiary/aromatic N) is 1. The number of nitrogens with one attached hydrogen (secondary N) is 2. The van der Waals surface area contributed by atoms with Gasteiger partial charge in [-0.3, -0.25) is 4.79 Å². The predicted octanol–water partition coefficient (Wildman–Crippen LogP) is 1.57. The molecule has 0 aliphatic carbocycles. The summed E-state index contributed by atoms with van der Waals surface area (Å²) in [6, 6.07) is 0. The Morgan fingerprint density at radius 3 is 2.88 bits per heavy atom. The van der Waals surface area contributed by atoms with E-state index in [4.69, 9.17) is 0 Å². The lowest BCUT2D eigenvalue weighted by molar-refractivity contribution is 0.0918. The van der Waals surface area contributed by atoms with E-state index in [2.05, 4.69) is 22.5 Å². The van der Waals surface area contributed by atoms with Gasteiger partial charge in [-0.2, -0.15) is 0 Å². The van der Waals surface area contributed by atoms with Gasteiger partial charge in [-0.25, -0.2) is 4.98 Å². The number of aryl methyl sites for hydroxylation is 1. The minimum atomic E-state index is -0.0471. The highest BCUT2D eigenvalue weighted by atomic mass is 32.1. The van der Waals surface area contributed by atoms with Crippen LogP contribution in [0.3, 0.4) is 0 Å². The van der Waals surface area contributed by atoms with E-state index in [1.807, 2.05) is 12.3 Å². The average molecular weight is 253 g/mol. The van der Waals surface area contributed by atoms with Crippen LogP contribution >= 0.6 is 11.3 Å². The first kappa shape index (κ1) is 12.5. The Kier molecular flexibility index (Phi) is 3.79. The highest BCUT2D eigenvalue weighted by Gasteiger charge is 2.27. The lowest BCUT2D eigenvalue weighted by Gasteiger charge is -2.34. The third-order valence-corrected chi connectivity index (χ3v) is 4.11. The summed E-state index contributed by atoms with van der Waals surface area (Å²) in [6.45, 7) is 6.98. The molecule has 2 N–H and O–H groups in total. The monoisotopic (exact) mass is 253 g/mol. The second-order valence-electron chi connectivity index (χ2n) is 5.00. The molecule has 2 rings (SSSR count). The molecule has 4 nitrogen and oxygen atoms in total. The normalized spacial score (nSPS) is 18.9. The number of rotatable bonds is 3. The fourth-order valence-electron chi connectivity index (χ4n) is 2.06. The Morgan fingerprint density at radius 2 is 2.29 bits per heavy atom. The van der Waals surface area contributed by atoms with Crippen molar-refractivity contribution in [2.45, 2.75) is 26.7 Å². The van der Waals surface area contributed by atoms with Crippen LogP contribution < -0.4 is 10.6 Å². The molecule has 1 aromatic heterocycles. The number of carbonyl (C=O) groups is 1. The number of aromatic nitrogens is 1. The van der Waals surface area contributed by atoms with Crippen molar-refractivity contribution in [2.75, 3.05) is 19.6 Å². The van der Waals surface area contributed by atoms with Crippen LogP contribution in [0.2, 0.25) is 0 Å². The Balaban J connectivity index is 1.87. The minimum absolute atomic E-state index is 0.0471. The molecule has 2 heterocycles. The van der Waals surface area contributed by atoms with E-state index < -0.39 is 0 Å². The minimum Gasteiger partial charge on any atom is -0.350 e. The Hall–Kier alpha value is -0.940. The molecule has 5 heteroatoms. The molecule has 1 fully saturated rings. The smallest absolute Gasteiger partial charge is 0.270 e. The molecule has 1 saturated heterocycles. The predicted molar refractivity (Wildman–Crippen MR) is 69.4 cm³/mol. The second-order valence-corrected chi connectivity index (χ2v) is 6.06. The molecule has 1 amide bonds. The molecule has 0 spiro atoms. The standard InChI is InChI=1S/C12H19N3OS/c1-9-15-10(7-17-9)11(16)14-8-12(2)3-5-13-6-4-12/h7,13H,3-6,8H2,1-2H3,(H,14,16). The van der Waals surface area contributed by atoms with Gasteiger partial charge in [-0.1, -0.05) is 6.92 Å². The van der Waals surface area contributed by atoms with Crippen molar-refractivity contribution in [3.05, 3.63) is 16.1 Å². The highest BCUT2D eigenvalue weighted by Crippen LogP contribution is 2.26. The summed E-state index contributed by atoms with van der Waals surface area (Å²) in [7, 11) is 0. The number of thiazole rings is 1. The van der Waals surface area contributed by atoms with Gasteiger partial charge in [0.1, 0.15) is 5.69 Å². The van der Waals surface area contributed by atoms with Crippen molar-refractivity contribution in [2.24, 2.45) is 5.41 Å². The molecule has 0 unspecified atom stereocenters. The summed E-state index contributed by atoms with van der Waals surface area (Å²) in [5.74, 6) is -0.0471. The van der Waals surface area contributed by atoms with Crippen LogP contribution in [-0.2, 0) is 0 Å².